The molecule has 1 atom stereocenters. The molecule has 1 fully saturated rings. The van der Waals surface area contributed by atoms with Crippen LogP contribution in [0.2, 0.25) is 5.02 Å². The maximum atomic E-state index is 12.6. The van der Waals surface area contributed by atoms with Gasteiger partial charge in [0.2, 0.25) is 0 Å². The van der Waals surface area contributed by atoms with Gasteiger partial charge in [-0.25, -0.2) is 4.68 Å². The summed E-state index contributed by atoms with van der Waals surface area (Å²) in [5, 5.41) is 15.1. The number of halogens is 2. The Labute approximate surface area is 162 Å². The molecular weight excluding hydrogens is 377 g/mol. The number of rotatable bonds is 3. The molecule has 3 heterocycles. The first-order valence-electron chi connectivity index (χ1n) is 8.57. The molecule has 140 valence electrons. The smallest absolute Gasteiger partial charge is 0.273 e. The molecule has 26 heavy (non-hydrogen) atoms. The third-order valence-corrected chi connectivity index (χ3v) is 5.05. The second-order valence-electron chi connectivity index (χ2n) is 6.39. The van der Waals surface area contributed by atoms with Crippen LogP contribution in [0.5, 0.6) is 5.75 Å². The van der Waals surface area contributed by atoms with E-state index in [1.165, 1.54) is 0 Å². The van der Waals surface area contributed by atoms with Crippen LogP contribution >= 0.6 is 24.0 Å². The SMILES string of the molecule is Cl.O=C(NC1CCOc2c(Cl)cccc21)c1cn(C2CCNCC2)nn1. The normalized spacial score (nSPS) is 19.8. The van der Waals surface area contributed by atoms with Crippen LogP contribution < -0.4 is 15.4 Å². The zero-order valence-corrected chi connectivity index (χ0v) is 15.7. The Bertz CT molecular complexity index is 776. The van der Waals surface area contributed by atoms with Gasteiger partial charge in [0.05, 0.1) is 29.9 Å². The number of carbonyl (C=O) groups excluding carboxylic acids is 1. The number of ether oxygens (including phenoxy) is 1. The van der Waals surface area contributed by atoms with Crippen molar-refractivity contribution in [2.24, 2.45) is 0 Å². The van der Waals surface area contributed by atoms with Gasteiger partial charge in [0.25, 0.3) is 5.91 Å². The first-order chi connectivity index (χ1) is 12.2. The van der Waals surface area contributed by atoms with Crippen molar-refractivity contribution in [3.63, 3.8) is 0 Å². The molecule has 4 rings (SSSR count). The average Bonchev–Trinajstić information content (AvgIpc) is 3.14. The molecule has 9 heteroatoms. The van der Waals surface area contributed by atoms with Gasteiger partial charge < -0.3 is 15.4 Å². The lowest BCUT2D eigenvalue weighted by Crippen LogP contribution is -2.32. The van der Waals surface area contributed by atoms with Crippen molar-refractivity contribution in [3.8, 4) is 5.75 Å². The van der Waals surface area contributed by atoms with E-state index in [9.17, 15) is 4.79 Å². The largest absolute Gasteiger partial charge is 0.492 e. The number of piperidine rings is 1. The van der Waals surface area contributed by atoms with E-state index in [-0.39, 0.29) is 24.4 Å². The van der Waals surface area contributed by atoms with E-state index in [0.29, 0.717) is 35.5 Å². The predicted molar refractivity (Wildman–Crippen MR) is 100 cm³/mol. The minimum Gasteiger partial charge on any atom is -0.492 e. The van der Waals surface area contributed by atoms with Gasteiger partial charge in [0.1, 0.15) is 5.75 Å². The molecule has 1 amide bonds. The zero-order chi connectivity index (χ0) is 17.2. The molecule has 2 aromatic rings. The van der Waals surface area contributed by atoms with Crippen molar-refractivity contribution in [2.75, 3.05) is 19.7 Å². The lowest BCUT2D eigenvalue weighted by Gasteiger charge is -2.27. The van der Waals surface area contributed by atoms with Crippen molar-refractivity contribution in [1.82, 2.24) is 25.6 Å². The Kier molecular flexibility index (Phi) is 6.01. The molecule has 2 aliphatic heterocycles. The maximum absolute atomic E-state index is 12.6. The van der Waals surface area contributed by atoms with Crippen molar-refractivity contribution in [2.45, 2.75) is 31.3 Å². The standard InChI is InChI=1S/C17H20ClN5O2.ClH/c18-13-3-1-2-12-14(6-9-25-16(12)13)20-17(24)15-10-23(22-21-15)11-4-7-19-8-5-11;/h1-3,10-11,14,19H,4-9H2,(H,20,24);1H. The molecule has 2 N–H and O–H groups in total. The number of hydrogen-bond donors (Lipinski definition) is 2. The highest BCUT2D eigenvalue weighted by molar-refractivity contribution is 6.32. The minimum atomic E-state index is -0.224. The number of para-hydroxylation sites is 1. The number of nitrogens with one attached hydrogen (secondary N) is 2. The summed E-state index contributed by atoms with van der Waals surface area (Å²) >= 11 is 6.18. The maximum Gasteiger partial charge on any atom is 0.273 e. The van der Waals surface area contributed by atoms with Gasteiger partial charge in [-0.2, -0.15) is 0 Å². The Morgan fingerprint density at radius 2 is 2.12 bits per heavy atom. The average molecular weight is 398 g/mol. The summed E-state index contributed by atoms with van der Waals surface area (Å²) in [6.45, 7) is 2.45. The lowest BCUT2D eigenvalue weighted by molar-refractivity contribution is 0.0919. The summed E-state index contributed by atoms with van der Waals surface area (Å²) in [6, 6.07) is 5.74. The van der Waals surface area contributed by atoms with Crippen LogP contribution in [-0.2, 0) is 0 Å². The van der Waals surface area contributed by atoms with Gasteiger partial charge in [0, 0.05) is 12.0 Å². The molecule has 2 aliphatic rings. The Morgan fingerprint density at radius 1 is 1.31 bits per heavy atom. The first kappa shape index (κ1) is 18.9. The highest BCUT2D eigenvalue weighted by Crippen LogP contribution is 2.37. The van der Waals surface area contributed by atoms with Crippen LogP contribution in [0.3, 0.4) is 0 Å². The van der Waals surface area contributed by atoms with E-state index in [0.717, 1.165) is 31.5 Å². The number of hydrogen-bond acceptors (Lipinski definition) is 5. The van der Waals surface area contributed by atoms with Crippen molar-refractivity contribution in [3.05, 3.63) is 40.7 Å². The fourth-order valence-corrected chi connectivity index (χ4v) is 3.64. The van der Waals surface area contributed by atoms with Gasteiger partial charge in [0.15, 0.2) is 5.69 Å². The predicted octanol–water partition coefficient (Wildman–Crippen LogP) is 2.53. The molecule has 1 unspecified atom stereocenters. The van der Waals surface area contributed by atoms with Gasteiger partial charge in [-0.15, -0.1) is 17.5 Å². The summed E-state index contributed by atoms with van der Waals surface area (Å²) in [5.41, 5.74) is 1.24. The fraction of sp³-hybridized carbons (Fsp3) is 0.471. The number of aromatic nitrogens is 3. The number of benzene rings is 1. The highest BCUT2D eigenvalue weighted by Gasteiger charge is 2.26. The number of carbonyl (C=O) groups is 1. The Balaban J connectivity index is 0.00000196. The zero-order valence-electron chi connectivity index (χ0n) is 14.2. The molecule has 0 spiro atoms. The summed E-state index contributed by atoms with van der Waals surface area (Å²) in [4.78, 5) is 12.6. The molecule has 0 bridgehead atoms. The van der Waals surface area contributed by atoms with Gasteiger partial charge in [-0.05, 0) is 32.0 Å². The lowest BCUT2D eigenvalue weighted by atomic mass is 10.0. The van der Waals surface area contributed by atoms with Crippen LogP contribution in [0.1, 0.15) is 47.4 Å². The van der Waals surface area contributed by atoms with Crippen molar-refractivity contribution in [1.29, 1.82) is 0 Å². The summed E-state index contributed by atoms with van der Waals surface area (Å²) in [7, 11) is 0. The third kappa shape index (κ3) is 3.79. The van der Waals surface area contributed by atoms with Gasteiger partial charge in [-0.1, -0.05) is 28.9 Å². The van der Waals surface area contributed by atoms with E-state index >= 15 is 0 Å². The van der Waals surface area contributed by atoms with Crippen LogP contribution in [-0.4, -0.2) is 40.6 Å². The van der Waals surface area contributed by atoms with Crippen LogP contribution in [0, 0.1) is 0 Å². The van der Waals surface area contributed by atoms with Crippen LogP contribution in [0.15, 0.2) is 24.4 Å². The van der Waals surface area contributed by atoms with E-state index in [2.05, 4.69) is 20.9 Å². The molecule has 0 radical (unpaired) electrons. The Morgan fingerprint density at radius 3 is 2.92 bits per heavy atom. The second-order valence-corrected chi connectivity index (χ2v) is 6.79. The van der Waals surface area contributed by atoms with E-state index in [1.54, 1.807) is 12.3 Å². The molecule has 1 aromatic carbocycles. The summed E-state index contributed by atoms with van der Waals surface area (Å²) in [5.74, 6) is 0.428. The van der Waals surface area contributed by atoms with Crippen LogP contribution in [0.25, 0.3) is 0 Å². The van der Waals surface area contributed by atoms with E-state index in [1.807, 2.05) is 16.8 Å². The second kappa shape index (κ2) is 8.24. The summed E-state index contributed by atoms with van der Waals surface area (Å²) < 4.78 is 7.44. The Hall–Kier alpha value is -1.83. The number of fused-ring (bicyclic) bond motifs is 1. The summed E-state index contributed by atoms with van der Waals surface area (Å²) in [6.07, 6.45) is 4.43. The fourth-order valence-electron chi connectivity index (χ4n) is 3.40. The topological polar surface area (TPSA) is 81.1 Å². The van der Waals surface area contributed by atoms with Gasteiger partial charge in [-0.3, -0.25) is 4.79 Å². The van der Waals surface area contributed by atoms with E-state index < -0.39 is 0 Å². The van der Waals surface area contributed by atoms with Crippen molar-refractivity contribution < 1.29 is 9.53 Å². The van der Waals surface area contributed by atoms with Crippen LogP contribution in [0.4, 0.5) is 0 Å². The molecule has 0 aliphatic carbocycles. The van der Waals surface area contributed by atoms with Crippen molar-refractivity contribution >= 4 is 29.9 Å². The van der Waals surface area contributed by atoms with E-state index in [4.69, 9.17) is 16.3 Å². The van der Waals surface area contributed by atoms with Gasteiger partial charge >= 0.3 is 0 Å². The molecule has 7 nitrogen and oxygen atoms in total. The quantitative estimate of drug-likeness (QED) is 0.831. The number of amides is 1. The molecule has 0 saturated carbocycles. The molecule has 1 saturated heterocycles. The molecule has 1 aromatic heterocycles. The monoisotopic (exact) mass is 397 g/mol. The highest BCUT2D eigenvalue weighted by atomic mass is 35.5. The minimum absolute atomic E-state index is 0. The molecular formula is C17H21Cl2N5O2. The number of nitrogens with zero attached hydrogens (tertiary/aromatic N) is 3. The first-order valence-corrected chi connectivity index (χ1v) is 8.95. The third-order valence-electron chi connectivity index (χ3n) is 4.76.